The second-order valence-corrected chi connectivity index (χ2v) is 11.1. The zero-order valence-corrected chi connectivity index (χ0v) is 23.2. The van der Waals surface area contributed by atoms with Crippen LogP contribution in [-0.2, 0) is 34.1 Å². The molecule has 4 rings (SSSR count). The van der Waals surface area contributed by atoms with Crippen molar-refractivity contribution >= 4 is 23.5 Å². The van der Waals surface area contributed by atoms with Gasteiger partial charge < -0.3 is 34.5 Å². The molecule has 3 heterocycles. The Morgan fingerprint density at radius 3 is 2.67 bits per heavy atom. The predicted molar refractivity (Wildman–Crippen MR) is 139 cm³/mol. The van der Waals surface area contributed by atoms with Crippen LogP contribution in [0.2, 0.25) is 0 Å². The Morgan fingerprint density at radius 2 is 2.00 bits per heavy atom. The molecular weight excluding hydrogens is 522 g/mol. The highest BCUT2D eigenvalue weighted by Gasteiger charge is 2.59. The van der Waals surface area contributed by atoms with Gasteiger partial charge in [0.25, 0.3) is 0 Å². The Kier molecular flexibility index (Phi) is 8.82. The molecule has 13 heteroatoms. The fraction of sp³-hybridized carbons (Fsp3) is 0.667. The SMILES string of the molecule is CC(C)OC(=O)OCO[C@H]1[C@@H](O)[C@](C#N)(c2ccc3c(N)ncnn23)O[C@@H]1COC(=O)C(C)(C)C1CCCCC1. The summed E-state index contributed by atoms with van der Waals surface area (Å²) in [5.74, 6) is -0.0510. The van der Waals surface area contributed by atoms with Crippen molar-refractivity contribution < 1.29 is 38.4 Å². The number of nitrogens with zero attached hydrogens (tertiary/aromatic N) is 4. The number of aliphatic hydroxyl groups excluding tert-OH is 1. The number of anilines is 1. The van der Waals surface area contributed by atoms with Crippen LogP contribution in [0.15, 0.2) is 18.5 Å². The molecule has 1 saturated carbocycles. The molecule has 1 aliphatic heterocycles. The highest BCUT2D eigenvalue weighted by atomic mass is 16.8. The van der Waals surface area contributed by atoms with E-state index in [1.165, 1.54) is 10.8 Å². The van der Waals surface area contributed by atoms with Gasteiger partial charge in [0.05, 0.1) is 17.2 Å². The summed E-state index contributed by atoms with van der Waals surface area (Å²) >= 11 is 0. The first-order valence-corrected chi connectivity index (χ1v) is 13.5. The van der Waals surface area contributed by atoms with Crippen molar-refractivity contribution in [2.75, 3.05) is 19.1 Å². The van der Waals surface area contributed by atoms with Gasteiger partial charge in [-0.1, -0.05) is 19.3 Å². The lowest BCUT2D eigenvalue weighted by Crippen LogP contribution is -2.43. The van der Waals surface area contributed by atoms with Gasteiger partial charge in [-0.15, -0.1) is 0 Å². The average molecular weight is 560 g/mol. The number of hydrogen-bond donors (Lipinski definition) is 2. The minimum absolute atomic E-state index is 0.169. The van der Waals surface area contributed by atoms with Gasteiger partial charge in [-0.2, -0.15) is 10.4 Å². The molecule has 2 aromatic heterocycles. The lowest BCUT2D eigenvalue weighted by molar-refractivity contribution is -0.167. The Morgan fingerprint density at radius 1 is 1.27 bits per heavy atom. The van der Waals surface area contributed by atoms with Crippen LogP contribution < -0.4 is 5.73 Å². The Hall–Kier alpha value is -3.47. The van der Waals surface area contributed by atoms with E-state index in [4.69, 9.17) is 29.4 Å². The van der Waals surface area contributed by atoms with E-state index in [1.807, 2.05) is 19.9 Å². The molecular formula is C27H37N5O8. The average Bonchev–Trinajstić information content (AvgIpc) is 3.48. The van der Waals surface area contributed by atoms with Crippen LogP contribution in [0.5, 0.6) is 0 Å². The largest absolute Gasteiger partial charge is 0.510 e. The molecule has 0 spiro atoms. The standard InChI is InChI=1S/C27H37N5O8/c1-16(2)39-25(35)38-15-37-21-19(12-36-24(34)26(3,4)17-8-6-5-7-9-17)40-27(13-28,22(21)33)20-11-10-18-23(29)30-14-31-32(18)20/h10-11,14,16-17,19,21-22,33H,5-9,12,15H2,1-4H3,(H2,29,30,31)/t19-,21-,22-,27+/m1/s1. The number of fused-ring (bicyclic) bond motifs is 1. The fourth-order valence-electron chi connectivity index (χ4n) is 5.46. The summed E-state index contributed by atoms with van der Waals surface area (Å²) in [6.07, 6.45) is 1.13. The number of rotatable bonds is 9. The molecule has 3 N–H and O–H groups in total. The summed E-state index contributed by atoms with van der Waals surface area (Å²) in [6, 6.07) is 5.19. The number of nitrogen functional groups attached to an aromatic ring is 1. The highest BCUT2D eigenvalue weighted by Crippen LogP contribution is 2.43. The predicted octanol–water partition coefficient (Wildman–Crippen LogP) is 2.84. The topological polar surface area (TPSA) is 181 Å². The molecule has 0 radical (unpaired) electrons. The van der Waals surface area contributed by atoms with Gasteiger partial charge in [-0.05, 0) is 58.6 Å². The Balaban J connectivity index is 1.57. The maximum Gasteiger partial charge on any atom is 0.510 e. The van der Waals surface area contributed by atoms with Crippen LogP contribution in [0.25, 0.3) is 5.52 Å². The number of carbonyl (C=O) groups excluding carboxylic acids is 2. The van der Waals surface area contributed by atoms with Crippen molar-refractivity contribution in [1.82, 2.24) is 14.6 Å². The van der Waals surface area contributed by atoms with E-state index in [9.17, 15) is 20.0 Å². The third-order valence-corrected chi connectivity index (χ3v) is 7.76. The lowest BCUT2D eigenvalue weighted by atomic mass is 9.71. The summed E-state index contributed by atoms with van der Waals surface area (Å²) in [4.78, 5) is 29.0. The van der Waals surface area contributed by atoms with Gasteiger partial charge in [0.2, 0.25) is 5.60 Å². The van der Waals surface area contributed by atoms with Crippen LogP contribution in [0.4, 0.5) is 10.6 Å². The lowest BCUT2D eigenvalue weighted by Gasteiger charge is -2.35. The van der Waals surface area contributed by atoms with Gasteiger partial charge in [-0.3, -0.25) is 4.79 Å². The van der Waals surface area contributed by atoms with Crippen molar-refractivity contribution in [1.29, 1.82) is 5.26 Å². The maximum absolute atomic E-state index is 13.2. The molecule has 0 bridgehead atoms. The quantitative estimate of drug-likeness (QED) is 0.339. The highest BCUT2D eigenvalue weighted by molar-refractivity contribution is 5.76. The van der Waals surface area contributed by atoms with E-state index in [-0.39, 0.29) is 24.0 Å². The van der Waals surface area contributed by atoms with Crippen molar-refractivity contribution in [3.8, 4) is 6.07 Å². The normalized spacial score (nSPS) is 25.6. The van der Waals surface area contributed by atoms with E-state index in [2.05, 4.69) is 10.1 Å². The van der Waals surface area contributed by atoms with E-state index < -0.39 is 54.3 Å². The number of nitrogens with two attached hydrogens (primary N) is 1. The van der Waals surface area contributed by atoms with Crippen LogP contribution >= 0.6 is 0 Å². The number of carbonyl (C=O) groups is 2. The molecule has 2 aliphatic rings. The Labute approximate surface area is 232 Å². The summed E-state index contributed by atoms with van der Waals surface area (Å²) in [6.45, 7) is 6.16. The third-order valence-electron chi connectivity index (χ3n) is 7.76. The molecule has 40 heavy (non-hydrogen) atoms. The second-order valence-electron chi connectivity index (χ2n) is 11.1. The molecule has 0 amide bonds. The summed E-state index contributed by atoms with van der Waals surface area (Å²) < 4.78 is 28.8. The first-order chi connectivity index (χ1) is 19.0. The molecule has 2 fully saturated rings. The molecule has 2 aromatic rings. The van der Waals surface area contributed by atoms with Crippen LogP contribution in [0.1, 0.15) is 65.5 Å². The smallest absolute Gasteiger partial charge is 0.462 e. The third kappa shape index (κ3) is 5.70. The van der Waals surface area contributed by atoms with Crippen molar-refractivity contribution in [3.05, 3.63) is 24.2 Å². The van der Waals surface area contributed by atoms with Gasteiger partial charge in [0.1, 0.15) is 42.8 Å². The summed E-state index contributed by atoms with van der Waals surface area (Å²) in [5.41, 5.74) is 3.83. The molecule has 1 saturated heterocycles. The van der Waals surface area contributed by atoms with Crippen LogP contribution in [0, 0.1) is 22.7 Å². The summed E-state index contributed by atoms with van der Waals surface area (Å²) in [7, 11) is 0. The van der Waals surface area contributed by atoms with Gasteiger partial charge >= 0.3 is 12.1 Å². The minimum atomic E-state index is -1.98. The first kappa shape index (κ1) is 29.5. The van der Waals surface area contributed by atoms with E-state index in [1.54, 1.807) is 26.0 Å². The van der Waals surface area contributed by atoms with Crippen LogP contribution in [-0.4, -0.2) is 69.6 Å². The van der Waals surface area contributed by atoms with E-state index >= 15 is 0 Å². The molecule has 0 unspecified atom stereocenters. The monoisotopic (exact) mass is 559 g/mol. The van der Waals surface area contributed by atoms with Crippen molar-refractivity contribution in [2.24, 2.45) is 11.3 Å². The maximum atomic E-state index is 13.2. The number of aliphatic hydroxyl groups is 1. The zero-order chi connectivity index (χ0) is 29.1. The van der Waals surface area contributed by atoms with Gasteiger partial charge in [0, 0.05) is 0 Å². The van der Waals surface area contributed by atoms with Crippen molar-refractivity contribution in [2.45, 2.75) is 89.8 Å². The second kappa shape index (κ2) is 12.0. The number of ether oxygens (including phenoxy) is 5. The molecule has 0 aromatic carbocycles. The number of nitriles is 1. The summed E-state index contributed by atoms with van der Waals surface area (Å²) in [5, 5.41) is 25.9. The molecule has 13 nitrogen and oxygen atoms in total. The fourth-order valence-corrected chi connectivity index (χ4v) is 5.46. The molecule has 1 aliphatic carbocycles. The molecule has 218 valence electrons. The van der Waals surface area contributed by atoms with Crippen molar-refractivity contribution in [3.63, 3.8) is 0 Å². The number of esters is 1. The van der Waals surface area contributed by atoms with Gasteiger partial charge in [-0.25, -0.2) is 14.3 Å². The number of aromatic nitrogens is 3. The zero-order valence-electron chi connectivity index (χ0n) is 23.2. The molecule has 4 atom stereocenters. The van der Waals surface area contributed by atoms with E-state index in [0.717, 1.165) is 32.1 Å². The number of hydrogen-bond acceptors (Lipinski definition) is 12. The van der Waals surface area contributed by atoms with Gasteiger partial charge in [0.15, 0.2) is 12.6 Å². The minimum Gasteiger partial charge on any atom is -0.462 e. The Bertz CT molecular complexity index is 1250. The first-order valence-electron chi connectivity index (χ1n) is 13.5. The van der Waals surface area contributed by atoms with E-state index in [0.29, 0.717) is 5.52 Å². The van der Waals surface area contributed by atoms with Crippen LogP contribution in [0.3, 0.4) is 0 Å².